The van der Waals surface area contributed by atoms with Gasteiger partial charge in [-0.25, -0.2) is 0 Å². The summed E-state index contributed by atoms with van der Waals surface area (Å²) < 4.78 is 76.2. The van der Waals surface area contributed by atoms with Crippen LogP contribution in [0.1, 0.15) is 18.4 Å². The topological polar surface area (TPSA) is 60.7 Å². The zero-order chi connectivity index (χ0) is 21.3. The molecular formula is C19H17F5N4O2. The Balaban J connectivity index is 1.76. The molecule has 0 bridgehead atoms. The zero-order valence-electron chi connectivity index (χ0n) is 15.5. The van der Waals surface area contributed by atoms with Crippen molar-refractivity contribution in [3.63, 3.8) is 0 Å². The molecule has 1 aromatic carbocycles. The molecule has 0 radical (unpaired) electrons. The highest BCUT2D eigenvalue weighted by Crippen LogP contribution is 2.38. The van der Waals surface area contributed by atoms with Crippen LogP contribution in [0.3, 0.4) is 0 Å². The third-order valence-electron chi connectivity index (χ3n) is 4.74. The third-order valence-corrected chi connectivity index (χ3v) is 4.74. The Labute approximate surface area is 167 Å². The SMILES string of the molecule is FC(F)Oc1cc(C(F)(F)F)ccc1-c1nnc(NC2CCCOC2)n2cccc12. The first-order valence-corrected chi connectivity index (χ1v) is 9.17. The van der Waals surface area contributed by atoms with E-state index in [0.29, 0.717) is 30.7 Å². The van der Waals surface area contributed by atoms with Crippen LogP contribution in [0.25, 0.3) is 16.8 Å². The Morgan fingerprint density at radius 1 is 1.20 bits per heavy atom. The van der Waals surface area contributed by atoms with Gasteiger partial charge in [0, 0.05) is 18.4 Å². The van der Waals surface area contributed by atoms with E-state index in [4.69, 9.17) is 4.74 Å². The van der Waals surface area contributed by atoms with Gasteiger partial charge < -0.3 is 14.8 Å². The summed E-state index contributed by atoms with van der Waals surface area (Å²) in [5.74, 6) is -0.212. The fourth-order valence-electron chi connectivity index (χ4n) is 3.37. The number of nitrogens with zero attached hydrogens (tertiary/aromatic N) is 3. The van der Waals surface area contributed by atoms with Crippen LogP contribution < -0.4 is 10.1 Å². The highest BCUT2D eigenvalue weighted by Gasteiger charge is 2.32. The van der Waals surface area contributed by atoms with Crippen LogP contribution in [-0.2, 0) is 10.9 Å². The molecule has 6 nitrogen and oxygen atoms in total. The van der Waals surface area contributed by atoms with Crippen molar-refractivity contribution in [3.8, 4) is 17.0 Å². The molecule has 1 aliphatic heterocycles. The lowest BCUT2D eigenvalue weighted by molar-refractivity contribution is -0.138. The van der Waals surface area contributed by atoms with Gasteiger partial charge in [-0.1, -0.05) is 0 Å². The van der Waals surface area contributed by atoms with Gasteiger partial charge in [-0.15, -0.1) is 10.2 Å². The summed E-state index contributed by atoms with van der Waals surface area (Å²) in [7, 11) is 0. The summed E-state index contributed by atoms with van der Waals surface area (Å²) in [6.45, 7) is -2.09. The summed E-state index contributed by atoms with van der Waals surface area (Å²) in [6.07, 6.45) is -1.22. The molecule has 4 rings (SSSR count). The number of hydrogen-bond donors (Lipinski definition) is 1. The largest absolute Gasteiger partial charge is 0.434 e. The van der Waals surface area contributed by atoms with Crippen LogP contribution in [0.2, 0.25) is 0 Å². The van der Waals surface area contributed by atoms with E-state index in [-0.39, 0.29) is 17.3 Å². The minimum absolute atomic E-state index is 0.0213. The molecule has 11 heteroatoms. The second kappa shape index (κ2) is 8.05. The molecular weight excluding hydrogens is 411 g/mol. The van der Waals surface area contributed by atoms with Gasteiger partial charge in [0.25, 0.3) is 0 Å². The summed E-state index contributed by atoms with van der Waals surface area (Å²) >= 11 is 0. The van der Waals surface area contributed by atoms with Crippen molar-refractivity contribution in [3.05, 3.63) is 42.1 Å². The number of alkyl halides is 5. The second-order valence-electron chi connectivity index (χ2n) is 6.78. The van der Waals surface area contributed by atoms with E-state index in [1.165, 1.54) is 0 Å². The van der Waals surface area contributed by atoms with Crippen LogP contribution in [0.15, 0.2) is 36.5 Å². The van der Waals surface area contributed by atoms with Crippen molar-refractivity contribution < 1.29 is 31.4 Å². The maximum atomic E-state index is 13.0. The first-order valence-electron chi connectivity index (χ1n) is 9.17. The number of anilines is 1. The average Bonchev–Trinajstić information content (AvgIpc) is 3.19. The van der Waals surface area contributed by atoms with Crippen molar-refractivity contribution in [2.24, 2.45) is 0 Å². The van der Waals surface area contributed by atoms with Crippen molar-refractivity contribution in [2.75, 3.05) is 18.5 Å². The van der Waals surface area contributed by atoms with Crippen LogP contribution in [-0.4, -0.2) is 40.5 Å². The number of nitrogens with one attached hydrogen (secondary N) is 1. The molecule has 0 saturated carbocycles. The van der Waals surface area contributed by atoms with E-state index >= 15 is 0 Å². The van der Waals surface area contributed by atoms with Crippen LogP contribution >= 0.6 is 0 Å². The van der Waals surface area contributed by atoms with Gasteiger partial charge in [0.1, 0.15) is 11.4 Å². The van der Waals surface area contributed by atoms with Gasteiger partial charge in [-0.2, -0.15) is 22.0 Å². The molecule has 0 spiro atoms. The van der Waals surface area contributed by atoms with E-state index in [1.807, 2.05) is 0 Å². The number of hydrogen-bond acceptors (Lipinski definition) is 5. The summed E-state index contributed by atoms with van der Waals surface area (Å²) in [5, 5.41) is 11.4. The Bertz CT molecular complexity index is 1030. The van der Waals surface area contributed by atoms with Gasteiger partial charge >= 0.3 is 12.8 Å². The van der Waals surface area contributed by atoms with Gasteiger partial charge in [0.15, 0.2) is 0 Å². The third kappa shape index (κ3) is 4.16. The van der Waals surface area contributed by atoms with Gasteiger partial charge in [-0.3, -0.25) is 4.40 Å². The highest BCUT2D eigenvalue weighted by molar-refractivity contribution is 5.81. The first-order chi connectivity index (χ1) is 14.3. The maximum Gasteiger partial charge on any atom is 0.416 e. The predicted octanol–water partition coefficient (Wildman–Crippen LogP) is 4.61. The minimum atomic E-state index is -4.70. The van der Waals surface area contributed by atoms with E-state index in [1.54, 1.807) is 22.7 Å². The summed E-state index contributed by atoms with van der Waals surface area (Å²) in [5.41, 5.74) is -0.526. The molecule has 1 unspecified atom stereocenters. The van der Waals surface area contributed by atoms with Crippen LogP contribution in [0.4, 0.5) is 27.9 Å². The van der Waals surface area contributed by atoms with Gasteiger partial charge in [0.05, 0.1) is 23.7 Å². The summed E-state index contributed by atoms with van der Waals surface area (Å²) in [4.78, 5) is 0. The van der Waals surface area contributed by atoms with Crippen molar-refractivity contribution >= 4 is 11.5 Å². The lowest BCUT2D eigenvalue weighted by Crippen LogP contribution is -2.31. The number of aromatic nitrogens is 3. The van der Waals surface area contributed by atoms with Gasteiger partial charge in [-0.05, 0) is 43.2 Å². The van der Waals surface area contributed by atoms with Crippen LogP contribution in [0.5, 0.6) is 5.75 Å². The molecule has 1 N–H and O–H groups in total. The predicted molar refractivity (Wildman–Crippen MR) is 97.5 cm³/mol. The van der Waals surface area contributed by atoms with Crippen molar-refractivity contribution in [2.45, 2.75) is 31.7 Å². The standard InChI is InChI=1S/C19H17F5N4O2/c20-17(21)30-15-9-11(19(22,23)24)5-6-13(15)16-14-4-1-7-28(14)18(27-26-16)25-12-3-2-8-29-10-12/h1,4-7,9,12,17H,2-3,8,10H2,(H,25,27). The molecule has 1 fully saturated rings. The lowest BCUT2D eigenvalue weighted by Gasteiger charge is -2.24. The molecule has 1 atom stereocenters. The first kappa shape index (κ1) is 20.3. The van der Waals surface area contributed by atoms with E-state index in [9.17, 15) is 22.0 Å². The Hall–Kier alpha value is -2.95. The summed E-state index contributed by atoms with van der Waals surface area (Å²) in [6, 6.07) is 5.78. The molecule has 3 aromatic rings. The minimum Gasteiger partial charge on any atom is -0.434 e. The number of rotatable bonds is 5. The van der Waals surface area contributed by atoms with Crippen molar-refractivity contribution in [1.29, 1.82) is 0 Å². The number of halogens is 5. The van der Waals surface area contributed by atoms with E-state index in [2.05, 4.69) is 20.3 Å². The molecule has 0 aliphatic carbocycles. The van der Waals surface area contributed by atoms with E-state index < -0.39 is 24.1 Å². The van der Waals surface area contributed by atoms with Crippen molar-refractivity contribution in [1.82, 2.24) is 14.6 Å². The van der Waals surface area contributed by atoms with Gasteiger partial charge in [0.2, 0.25) is 5.95 Å². The highest BCUT2D eigenvalue weighted by atomic mass is 19.4. The number of fused-ring (bicyclic) bond motifs is 1. The normalized spacial score (nSPS) is 17.5. The molecule has 0 amide bonds. The Morgan fingerprint density at radius 3 is 2.73 bits per heavy atom. The fourth-order valence-corrected chi connectivity index (χ4v) is 3.37. The monoisotopic (exact) mass is 428 g/mol. The quantitative estimate of drug-likeness (QED) is 0.602. The second-order valence-corrected chi connectivity index (χ2v) is 6.78. The zero-order valence-corrected chi connectivity index (χ0v) is 15.5. The molecule has 30 heavy (non-hydrogen) atoms. The maximum absolute atomic E-state index is 13.0. The molecule has 1 aliphatic rings. The smallest absolute Gasteiger partial charge is 0.416 e. The molecule has 1 saturated heterocycles. The fraction of sp³-hybridized carbons (Fsp3) is 0.368. The molecule has 160 valence electrons. The molecule has 3 heterocycles. The Morgan fingerprint density at radius 2 is 2.03 bits per heavy atom. The lowest BCUT2D eigenvalue weighted by atomic mass is 10.1. The molecule has 2 aromatic heterocycles. The number of ether oxygens (including phenoxy) is 2. The number of benzene rings is 1. The van der Waals surface area contributed by atoms with Crippen LogP contribution in [0, 0.1) is 0 Å². The average molecular weight is 428 g/mol. The van der Waals surface area contributed by atoms with E-state index in [0.717, 1.165) is 25.0 Å². The Kier molecular flexibility index (Phi) is 5.46.